The summed E-state index contributed by atoms with van der Waals surface area (Å²) in [5.41, 5.74) is 0.629. The van der Waals surface area contributed by atoms with Crippen molar-refractivity contribution in [1.29, 1.82) is 0 Å². The molecule has 0 atom stereocenters. The number of nitrogens with zero attached hydrogens (tertiary/aromatic N) is 1. The van der Waals surface area contributed by atoms with Gasteiger partial charge in [0.2, 0.25) is 5.78 Å². The van der Waals surface area contributed by atoms with E-state index in [2.05, 4.69) is 20.8 Å². The van der Waals surface area contributed by atoms with Crippen molar-refractivity contribution in [3.63, 3.8) is 0 Å². The summed E-state index contributed by atoms with van der Waals surface area (Å²) in [5.74, 6) is -0.0337. The number of hydrogen-bond acceptors (Lipinski definition) is 2. The van der Waals surface area contributed by atoms with Crippen molar-refractivity contribution in [2.24, 2.45) is 0 Å². The highest BCUT2D eigenvalue weighted by Crippen LogP contribution is 2.17. The van der Waals surface area contributed by atoms with E-state index in [9.17, 15) is 4.79 Å². The third kappa shape index (κ3) is 4.17. The quantitative estimate of drug-likeness (QED) is 0.602. The average molecular weight is 317 g/mol. The lowest BCUT2D eigenvalue weighted by Gasteiger charge is -2.15. The Kier molecular flexibility index (Phi) is 5.72. The molecule has 0 radical (unpaired) electrons. The van der Waals surface area contributed by atoms with Gasteiger partial charge in [0.05, 0.1) is 4.48 Å². The standard InChI is InChI=1S/C13H15BrClNO/c1-3-16(4-2)9-12(14)13(17)10-5-7-11(15)8-6-10/h5-9H,3-4H2,1-2H3/b12-9-. The molecule has 0 heterocycles. The fraction of sp³-hybridized carbons (Fsp3) is 0.308. The molecule has 0 aliphatic heterocycles. The molecule has 0 saturated heterocycles. The van der Waals surface area contributed by atoms with Gasteiger partial charge in [-0.3, -0.25) is 4.79 Å². The number of benzene rings is 1. The Labute approximate surface area is 115 Å². The SMILES string of the molecule is CCN(/C=C(\Br)C(=O)c1ccc(Cl)cc1)CC. The fourth-order valence-electron chi connectivity index (χ4n) is 1.36. The third-order valence-corrected chi connectivity index (χ3v) is 3.25. The second-order valence-electron chi connectivity index (χ2n) is 3.53. The van der Waals surface area contributed by atoms with Crippen LogP contribution in [0, 0.1) is 0 Å². The van der Waals surface area contributed by atoms with Crippen LogP contribution in [0.1, 0.15) is 24.2 Å². The molecule has 4 heteroatoms. The van der Waals surface area contributed by atoms with E-state index >= 15 is 0 Å². The smallest absolute Gasteiger partial charge is 0.201 e. The highest BCUT2D eigenvalue weighted by Gasteiger charge is 2.10. The zero-order valence-corrected chi connectivity index (χ0v) is 12.3. The highest BCUT2D eigenvalue weighted by molar-refractivity contribution is 9.12. The van der Waals surface area contributed by atoms with Crippen molar-refractivity contribution >= 4 is 33.3 Å². The van der Waals surface area contributed by atoms with Gasteiger partial charge in [-0.05, 0) is 54.0 Å². The van der Waals surface area contributed by atoms with Gasteiger partial charge in [-0.15, -0.1) is 0 Å². The minimum atomic E-state index is -0.0337. The van der Waals surface area contributed by atoms with Crippen LogP contribution in [0.3, 0.4) is 0 Å². The summed E-state index contributed by atoms with van der Waals surface area (Å²) in [6.45, 7) is 5.85. The molecule has 0 aliphatic rings. The zero-order chi connectivity index (χ0) is 12.8. The number of rotatable bonds is 5. The Morgan fingerprint density at radius 2 is 1.82 bits per heavy atom. The summed E-state index contributed by atoms with van der Waals surface area (Å²) in [6.07, 6.45) is 1.83. The Morgan fingerprint density at radius 1 is 1.29 bits per heavy atom. The number of halogens is 2. The molecular formula is C13H15BrClNO. The number of allylic oxidation sites excluding steroid dienone is 1. The Morgan fingerprint density at radius 3 is 2.29 bits per heavy atom. The monoisotopic (exact) mass is 315 g/mol. The van der Waals surface area contributed by atoms with Gasteiger partial charge in [-0.2, -0.15) is 0 Å². The molecule has 1 rings (SSSR count). The van der Waals surface area contributed by atoms with Crippen molar-refractivity contribution in [3.8, 4) is 0 Å². The van der Waals surface area contributed by atoms with Gasteiger partial charge < -0.3 is 4.90 Å². The fourth-order valence-corrected chi connectivity index (χ4v) is 2.01. The minimum absolute atomic E-state index is 0.0337. The lowest BCUT2D eigenvalue weighted by molar-refractivity contribution is 0.104. The van der Waals surface area contributed by atoms with E-state index in [0.29, 0.717) is 15.1 Å². The van der Waals surface area contributed by atoms with E-state index in [0.717, 1.165) is 13.1 Å². The first-order valence-corrected chi connectivity index (χ1v) is 6.67. The molecule has 0 saturated carbocycles. The zero-order valence-electron chi connectivity index (χ0n) is 9.91. The molecule has 0 fully saturated rings. The molecule has 0 amide bonds. The van der Waals surface area contributed by atoms with E-state index in [4.69, 9.17) is 11.6 Å². The molecule has 0 aliphatic carbocycles. The summed E-state index contributed by atoms with van der Waals surface area (Å²) < 4.78 is 0.559. The Hall–Kier alpha value is -0.800. The Bertz CT molecular complexity index is 410. The van der Waals surface area contributed by atoms with Crippen LogP contribution in [-0.2, 0) is 0 Å². The number of carbonyl (C=O) groups excluding carboxylic acids is 1. The highest BCUT2D eigenvalue weighted by atomic mass is 79.9. The molecule has 1 aromatic rings. The van der Waals surface area contributed by atoms with Gasteiger partial charge >= 0.3 is 0 Å². The number of carbonyl (C=O) groups is 1. The summed E-state index contributed by atoms with van der Waals surface area (Å²) in [7, 11) is 0. The van der Waals surface area contributed by atoms with Gasteiger partial charge in [0, 0.05) is 29.9 Å². The molecule has 0 bridgehead atoms. The van der Waals surface area contributed by atoms with Gasteiger partial charge in [-0.25, -0.2) is 0 Å². The number of Topliss-reactive ketones (excluding diaryl/α,β-unsaturated/α-hetero) is 1. The van der Waals surface area contributed by atoms with Crippen LogP contribution < -0.4 is 0 Å². The molecule has 0 spiro atoms. The van der Waals surface area contributed by atoms with E-state index in [1.807, 2.05) is 20.0 Å². The van der Waals surface area contributed by atoms with Gasteiger partial charge in [-0.1, -0.05) is 11.6 Å². The lowest BCUT2D eigenvalue weighted by Crippen LogP contribution is -2.17. The molecule has 17 heavy (non-hydrogen) atoms. The van der Waals surface area contributed by atoms with Crippen molar-refractivity contribution in [2.45, 2.75) is 13.8 Å². The third-order valence-electron chi connectivity index (χ3n) is 2.43. The van der Waals surface area contributed by atoms with Gasteiger partial charge in [0.25, 0.3) is 0 Å². The van der Waals surface area contributed by atoms with Crippen LogP contribution in [0.25, 0.3) is 0 Å². The second kappa shape index (κ2) is 6.82. The first-order chi connectivity index (χ1) is 8.08. The summed E-state index contributed by atoms with van der Waals surface area (Å²) in [5, 5.41) is 0.630. The number of ketones is 1. The van der Waals surface area contributed by atoms with E-state index in [1.54, 1.807) is 24.3 Å². The largest absolute Gasteiger partial charge is 0.377 e. The molecule has 1 aromatic carbocycles. The van der Waals surface area contributed by atoms with Crippen LogP contribution in [0.4, 0.5) is 0 Å². The maximum Gasteiger partial charge on any atom is 0.201 e. The van der Waals surface area contributed by atoms with E-state index < -0.39 is 0 Å². The van der Waals surface area contributed by atoms with Crippen molar-refractivity contribution in [2.75, 3.05) is 13.1 Å². The van der Waals surface area contributed by atoms with Gasteiger partial charge in [0.15, 0.2) is 0 Å². The molecule has 92 valence electrons. The topological polar surface area (TPSA) is 20.3 Å². The van der Waals surface area contributed by atoms with Crippen LogP contribution in [-0.4, -0.2) is 23.8 Å². The first-order valence-electron chi connectivity index (χ1n) is 5.50. The summed E-state index contributed by atoms with van der Waals surface area (Å²) >= 11 is 9.10. The van der Waals surface area contributed by atoms with Crippen LogP contribution >= 0.6 is 27.5 Å². The maximum absolute atomic E-state index is 12.0. The summed E-state index contributed by atoms with van der Waals surface area (Å²) in [4.78, 5) is 14.1. The Balaban J connectivity index is 2.86. The predicted octanol–water partition coefficient (Wildman–Crippen LogP) is 4.10. The average Bonchev–Trinajstić information content (AvgIpc) is 2.35. The molecule has 0 unspecified atom stereocenters. The van der Waals surface area contributed by atoms with Gasteiger partial charge in [0.1, 0.15) is 0 Å². The van der Waals surface area contributed by atoms with Crippen LogP contribution in [0.15, 0.2) is 34.9 Å². The molecular weight excluding hydrogens is 302 g/mol. The van der Waals surface area contributed by atoms with Crippen molar-refractivity contribution < 1.29 is 4.79 Å². The minimum Gasteiger partial charge on any atom is -0.377 e. The van der Waals surface area contributed by atoms with E-state index in [1.165, 1.54) is 0 Å². The van der Waals surface area contributed by atoms with E-state index in [-0.39, 0.29) is 5.78 Å². The molecule has 0 N–H and O–H groups in total. The normalized spacial score (nSPS) is 11.4. The molecule has 0 aromatic heterocycles. The summed E-state index contributed by atoms with van der Waals surface area (Å²) in [6, 6.07) is 6.88. The lowest BCUT2D eigenvalue weighted by atomic mass is 10.1. The number of hydrogen-bond donors (Lipinski definition) is 0. The first kappa shape index (κ1) is 14.3. The van der Waals surface area contributed by atoms with Crippen LogP contribution in [0.5, 0.6) is 0 Å². The predicted molar refractivity (Wildman–Crippen MR) is 75.7 cm³/mol. The van der Waals surface area contributed by atoms with Crippen molar-refractivity contribution in [1.82, 2.24) is 4.90 Å². The maximum atomic E-state index is 12.0. The molecule has 2 nitrogen and oxygen atoms in total. The van der Waals surface area contributed by atoms with Crippen molar-refractivity contribution in [3.05, 3.63) is 45.5 Å². The van der Waals surface area contributed by atoms with Crippen LogP contribution in [0.2, 0.25) is 5.02 Å². The second-order valence-corrected chi connectivity index (χ2v) is 4.83.